The number of fused-ring (bicyclic) bond motifs is 3. The molecular formula is C19H26O4. The van der Waals surface area contributed by atoms with Gasteiger partial charge in [0.1, 0.15) is 0 Å². The lowest BCUT2D eigenvalue weighted by molar-refractivity contribution is -0.257. The number of ether oxygens (including phenoxy) is 1. The Morgan fingerprint density at radius 1 is 1.26 bits per heavy atom. The van der Waals surface area contributed by atoms with Crippen LogP contribution in [0.2, 0.25) is 0 Å². The van der Waals surface area contributed by atoms with Gasteiger partial charge in [-0.3, -0.25) is 4.79 Å². The van der Waals surface area contributed by atoms with Crippen molar-refractivity contribution < 1.29 is 19.7 Å². The highest BCUT2D eigenvalue weighted by molar-refractivity contribution is 5.83. The number of carbonyl (C=O) groups is 1. The highest BCUT2D eigenvalue weighted by Crippen LogP contribution is 2.64. The summed E-state index contributed by atoms with van der Waals surface area (Å²) in [6.45, 7) is 9.83. The highest BCUT2D eigenvalue weighted by atomic mass is 16.6. The molecule has 4 heteroatoms. The number of carbonyl (C=O) groups excluding carboxylic acids is 1. The molecule has 0 aromatic heterocycles. The SMILES string of the molecule is CC(C)c1cc(C=O)c2c(c1O)O[C@]1(O)C(C)(C)CCC[C@]21C. The lowest BCUT2D eigenvalue weighted by Crippen LogP contribution is -2.62. The van der Waals surface area contributed by atoms with Crippen molar-refractivity contribution >= 4 is 6.29 Å². The molecule has 1 saturated carbocycles. The summed E-state index contributed by atoms with van der Waals surface area (Å²) in [5.41, 5.74) is 0.675. The third-order valence-corrected chi connectivity index (χ3v) is 6.01. The van der Waals surface area contributed by atoms with Crippen LogP contribution in [0.5, 0.6) is 11.5 Å². The van der Waals surface area contributed by atoms with Crippen LogP contribution in [0, 0.1) is 5.41 Å². The fourth-order valence-electron chi connectivity index (χ4n) is 4.55. The molecule has 0 saturated heterocycles. The van der Waals surface area contributed by atoms with Crippen molar-refractivity contribution in [3.8, 4) is 11.5 Å². The van der Waals surface area contributed by atoms with Gasteiger partial charge in [-0.05, 0) is 31.7 Å². The Kier molecular flexibility index (Phi) is 3.35. The molecule has 1 aromatic carbocycles. The summed E-state index contributed by atoms with van der Waals surface area (Å²) in [5, 5.41) is 22.1. The van der Waals surface area contributed by atoms with E-state index in [1.807, 2.05) is 34.6 Å². The van der Waals surface area contributed by atoms with Crippen LogP contribution in [0.1, 0.15) is 81.3 Å². The van der Waals surface area contributed by atoms with E-state index in [2.05, 4.69) is 0 Å². The maximum Gasteiger partial charge on any atom is 0.223 e. The largest absolute Gasteiger partial charge is 0.504 e. The van der Waals surface area contributed by atoms with Crippen molar-refractivity contribution in [2.75, 3.05) is 0 Å². The number of aldehydes is 1. The minimum absolute atomic E-state index is 0.0560. The number of benzene rings is 1. The van der Waals surface area contributed by atoms with Gasteiger partial charge in [-0.2, -0.15) is 0 Å². The molecule has 4 nitrogen and oxygen atoms in total. The van der Waals surface area contributed by atoms with Gasteiger partial charge in [0.05, 0.1) is 5.41 Å². The van der Waals surface area contributed by atoms with E-state index < -0.39 is 16.6 Å². The molecule has 0 amide bonds. The minimum atomic E-state index is -1.43. The molecule has 0 unspecified atom stereocenters. The van der Waals surface area contributed by atoms with E-state index in [1.165, 1.54) is 0 Å². The van der Waals surface area contributed by atoms with Gasteiger partial charge < -0.3 is 14.9 Å². The molecule has 2 aliphatic rings. The van der Waals surface area contributed by atoms with Gasteiger partial charge in [0.2, 0.25) is 5.79 Å². The van der Waals surface area contributed by atoms with Crippen molar-refractivity contribution in [1.82, 2.24) is 0 Å². The standard InChI is InChI=1S/C19H26O4/c1-11(2)13-9-12(10-20)14-16(15(13)21)23-19(22)17(3,4)7-6-8-18(14,19)5/h9-11,21-22H,6-8H2,1-5H3/t18-,19-/m1/s1. The molecule has 0 bridgehead atoms. The van der Waals surface area contributed by atoms with E-state index in [0.29, 0.717) is 22.4 Å². The molecule has 1 fully saturated rings. The summed E-state index contributed by atoms with van der Waals surface area (Å²) < 4.78 is 6.03. The van der Waals surface area contributed by atoms with Gasteiger partial charge in [-0.25, -0.2) is 0 Å². The summed E-state index contributed by atoms with van der Waals surface area (Å²) in [6.07, 6.45) is 3.31. The van der Waals surface area contributed by atoms with E-state index in [0.717, 1.165) is 25.5 Å². The normalized spacial score (nSPS) is 31.4. The van der Waals surface area contributed by atoms with Gasteiger partial charge in [0.15, 0.2) is 17.8 Å². The fraction of sp³-hybridized carbons (Fsp3) is 0.632. The zero-order valence-electron chi connectivity index (χ0n) is 14.6. The van der Waals surface area contributed by atoms with Crippen LogP contribution in [0.3, 0.4) is 0 Å². The third kappa shape index (κ3) is 1.84. The number of aromatic hydroxyl groups is 1. The molecule has 1 aromatic rings. The van der Waals surface area contributed by atoms with Crippen molar-refractivity contribution in [3.63, 3.8) is 0 Å². The summed E-state index contributed by atoms with van der Waals surface area (Å²) >= 11 is 0. The van der Waals surface area contributed by atoms with Crippen molar-refractivity contribution in [2.24, 2.45) is 5.41 Å². The predicted octanol–water partition coefficient (Wildman–Crippen LogP) is 3.88. The molecule has 3 rings (SSSR count). The molecule has 1 heterocycles. The number of hydrogen-bond acceptors (Lipinski definition) is 4. The van der Waals surface area contributed by atoms with E-state index in [4.69, 9.17) is 4.74 Å². The number of phenols is 1. The predicted molar refractivity (Wildman–Crippen MR) is 88.1 cm³/mol. The highest BCUT2D eigenvalue weighted by Gasteiger charge is 2.67. The first-order valence-corrected chi connectivity index (χ1v) is 8.36. The first-order valence-electron chi connectivity index (χ1n) is 8.36. The molecule has 126 valence electrons. The van der Waals surface area contributed by atoms with E-state index in [-0.39, 0.29) is 11.7 Å². The molecule has 2 N–H and O–H groups in total. The lowest BCUT2D eigenvalue weighted by atomic mass is 9.57. The van der Waals surface area contributed by atoms with Crippen LogP contribution < -0.4 is 4.74 Å². The number of aliphatic hydroxyl groups is 1. The summed E-state index contributed by atoms with van der Waals surface area (Å²) in [4.78, 5) is 11.7. The van der Waals surface area contributed by atoms with Gasteiger partial charge >= 0.3 is 0 Å². The van der Waals surface area contributed by atoms with Crippen LogP contribution in [-0.4, -0.2) is 22.3 Å². The van der Waals surface area contributed by atoms with Gasteiger partial charge in [-0.1, -0.05) is 34.1 Å². The van der Waals surface area contributed by atoms with Gasteiger partial charge in [0, 0.05) is 22.1 Å². The number of phenolic OH excluding ortho intramolecular Hbond substituents is 1. The smallest absolute Gasteiger partial charge is 0.223 e. The molecule has 0 spiro atoms. The monoisotopic (exact) mass is 318 g/mol. The molecule has 2 atom stereocenters. The van der Waals surface area contributed by atoms with E-state index in [9.17, 15) is 15.0 Å². The fourth-order valence-corrected chi connectivity index (χ4v) is 4.55. The zero-order valence-corrected chi connectivity index (χ0v) is 14.6. The van der Waals surface area contributed by atoms with Crippen LogP contribution in [0.4, 0.5) is 0 Å². The summed E-state index contributed by atoms with van der Waals surface area (Å²) in [6, 6.07) is 1.74. The number of rotatable bonds is 2. The average molecular weight is 318 g/mol. The van der Waals surface area contributed by atoms with E-state index >= 15 is 0 Å². The second-order valence-electron chi connectivity index (χ2n) is 8.20. The van der Waals surface area contributed by atoms with Crippen molar-refractivity contribution in [2.45, 2.75) is 71.0 Å². The summed E-state index contributed by atoms with van der Waals surface area (Å²) in [7, 11) is 0. The maximum absolute atomic E-state index is 11.7. The number of hydrogen-bond donors (Lipinski definition) is 2. The third-order valence-electron chi connectivity index (χ3n) is 6.01. The van der Waals surface area contributed by atoms with Crippen LogP contribution in [-0.2, 0) is 5.41 Å². The second kappa shape index (κ2) is 4.73. The molecule has 23 heavy (non-hydrogen) atoms. The topological polar surface area (TPSA) is 66.8 Å². The van der Waals surface area contributed by atoms with Gasteiger partial charge in [-0.15, -0.1) is 0 Å². The van der Waals surface area contributed by atoms with Crippen LogP contribution in [0.25, 0.3) is 0 Å². The van der Waals surface area contributed by atoms with Crippen LogP contribution in [0.15, 0.2) is 6.07 Å². The quantitative estimate of drug-likeness (QED) is 0.812. The van der Waals surface area contributed by atoms with Gasteiger partial charge in [0.25, 0.3) is 0 Å². The first kappa shape index (κ1) is 16.3. The molecule has 1 aliphatic heterocycles. The van der Waals surface area contributed by atoms with Crippen molar-refractivity contribution in [1.29, 1.82) is 0 Å². The summed E-state index contributed by atoms with van der Waals surface area (Å²) in [5.74, 6) is -1.02. The van der Waals surface area contributed by atoms with E-state index in [1.54, 1.807) is 6.07 Å². The Balaban J connectivity index is 2.33. The maximum atomic E-state index is 11.7. The Morgan fingerprint density at radius 2 is 1.91 bits per heavy atom. The first-order chi connectivity index (χ1) is 10.6. The molecule has 1 aliphatic carbocycles. The Labute approximate surface area is 137 Å². The lowest BCUT2D eigenvalue weighted by Gasteiger charge is -2.52. The minimum Gasteiger partial charge on any atom is -0.504 e. The van der Waals surface area contributed by atoms with Crippen LogP contribution >= 0.6 is 0 Å². The zero-order chi connectivity index (χ0) is 17.2. The molecule has 0 radical (unpaired) electrons. The Bertz CT molecular complexity index is 676. The Hall–Kier alpha value is -1.55. The van der Waals surface area contributed by atoms with Crippen molar-refractivity contribution in [3.05, 3.63) is 22.8 Å². The average Bonchev–Trinajstić information content (AvgIpc) is 2.71. The Morgan fingerprint density at radius 3 is 2.48 bits per heavy atom. The molecular weight excluding hydrogens is 292 g/mol. The second-order valence-corrected chi connectivity index (χ2v) is 8.20.